The van der Waals surface area contributed by atoms with Crippen LogP contribution in [-0.2, 0) is 9.84 Å². The Hall–Kier alpha value is -1.43. The molecule has 3 aromatic rings. The van der Waals surface area contributed by atoms with E-state index in [1.54, 1.807) is 23.5 Å². The molecule has 0 spiro atoms. The molecular weight excluding hydrogens is 374 g/mol. The van der Waals surface area contributed by atoms with E-state index in [9.17, 15) is 8.42 Å². The zero-order valence-electron chi connectivity index (χ0n) is 13.6. The Balaban J connectivity index is 1.71. The van der Waals surface area contributed by atoms with Gasteiger partial charge in [-0.3, -0.25) is 0 Å². The van der Waals surface area contributed by atoms with Crippen molar-refractivity contribution in [3.63, 3.8) is 0 Å². The van der Waals surface area contributed by atoms with Crippen molar-refractivity contribution in [1.29, 1.82) is 0 Å². The lowest BCUT2D eigenvalue weighted by atomic mass is 9.89. The number of halogens is 1. The minimum atomic E-state index is -3.31. The molecule has 1 fully saturated rings. The first-order chi connectivity index (χ1) is 11.9. The summed E-state index contributed by atoms with van der Waals surface area (Å²) >= 11 is 7.99. The quantitative estimate of drug-likeness (QED) is 0.616. The molecule has 0 saturated heterocycles. The number of sulfone groups is 1. The fraction of sp³-hybridized carbons (Fsp3) is 0.263. The third-order valence-electron chi connectivity index (χ3n) is 4.70. The van der Waals surface area contributed by atoms with E-state index in [4.69, 9.17) is 16.6 Å². The summed E-state index contributed by atoms with van der Waals surface area (Å²) in [6.45, 7) is 0. The molecule has 3 nitrogen and oxygen atoms in total. The molecule has 1 heterocycles. The number of aromatic nitrogens is 1. The van der Waals surface area contributed by atoms with Crippen molar-refractivity contribution in [2.75, 3.05) is 6.26 Å². The summed E-state index contributed by atoms with van der Waals surface area (Å²) in [6.07, 6.45) is 5.55. The molecule has 1 aliphatic carbocycles. The van der Waals surface area contributed by atoms with E-state index in [0.29, 0.717) is 10.9 Å². The number of hydrogen-bond acceptors (Lipinski definition) is 4. The molecule has 4 rings (SSSR count). The molecule has 1 radical (unpaired) electrons. The van der Waals surface area contributed by atoms with Crippen LogP contribution in [0.4, 0.5) is 0 Å². The number of nitrogens with zero attached hydrogens (tertiary/aromatic N) is 1. The maximum Gasteiger partial charge on any atom is 0.176 e. The fourth-order valence-electron chi connectivity index (χ4n) is 3.52. The van der Waals surface area contributed by atoms with Crippen LogP contribution in [0.15, 0.2) is 47.4 Å². The summed E-state index contributed by atoms with van der Waals surface area (Å²) in [5.74, 6) is 0.532. The standard InChI is InChI=1S/C19H17ClNO2S2/c1-25(22,23)18-10-9-12(11-15(18)20)13-5-4-6-14(13)19-21-16-7-2-3-8-17(16)24-19/h2-3,5,7-11,13-14H,4,6H2,1H3. The molecule has 0 N–H and O–H groups in total. The lowest BCUT2D eigenvalue weighted by Crippen LogP contribution is -2.06. The van der Waals surface area contributed by atoms with Crippen molar-refractivity contribution in [2.45, 2.75) is 29.6 Å². The number of fused-ring (bicyclic) bond motifs is 1. The normalized spacial score (nSPS) is 21.0. The monoisotopic (exact) mass is 390 g/mol. The smallest absolute Gasteiger partial charge is 0.176 e. The summed E-state index contributed by atoms with van der Waals surface area (Å²) < 4.78 is 24.7. The van der Waals surface area contributed by atoms with Crippen LogP contribution in [0.3, 0.4) is 0 Å². The summed E-state index contributed by atoms with van der Waals surface area (Å²) in [7, 11) is -3.31. The van der Waals surface area contributed by atoms with Gasteiger partial charge in [0, 0.05) is 12.2 Å². The Bertz CT molecular complexity index is 1010. The number of benzene rings is 2. The Kier molecular flexibility index (Phi) is 4.34. The lowest BCUT2D eigenvalue weighted by molar-refractivity contribution is 0.601. The molecule has 6 heteroatoms. The summed E-state index contributed by atoms with van der Waals surface area (Å²) in [6, 6.07) is 13.5. The van der Waals surface area contributed by atoms with E-state index in [1.165, 1.54) is 11.0 Å². The van der Waals surface area contributed by atoms with Crippen molar-refractivity contribution >= 4 is 43.0 Å². The number of para-hydroxylation sites is 1. The van der Waals surface area contributed by atoms with Crippen LogP contribution in [0, 0.1) is 6.42 Å². The van der Waals surface area contributed by atoms with Gasteiger partial charge in [-0.25, -0.2) is 13.4 Å². The average Bonchev–Trinajstić information content (AvgIpc) is 3.19. The van der Waals surface area contributed by atoms with Crippen LogP contribution in [0.25, 0.3) is 10.2 Å². The second-order valence-corrected chi connectivity index (χ2v) is 9.88. The van der Waals surface area contributed by atoms with E-state index in [1.807, 2.05) is 24.3 Å². The third-order valence-corrected chi connectivity index (χ3v) is 7.45. The van der Waals surface area contributed by atoms with Crippen LogP contribution >= 0.6 is 22.9 Å². The molecule has 2 unspecified atom stereocenters. The molecule has 2 aromatic carbocycles. The first-order valence-corrected chi connectivity index (χ1v) is 11.2. The lowest BCUT2D eigenvalue weighted by Gasteiger charge is -2.18. The van der Waals surface area contributed by atoms with Gasteiger partial charge in [0.1, 0.15) is 0 Å². The second-order valence-electron chi connectivity index (χ2n) is 6.43. The Morgan fingerprint density at radius 1 is 1.20 bits per heavy atom. The molecule has 0 bridgehead atoms. The van der Waals surface area contributed by atoms with E-state index < -0.39 is 9.84 Å². The number of rotatable bonds is 3. The van der Waals surface area contributed by atoms with Crippen LogP contribution < -0.4 is 0 Å². The highest BCUT2D eigenvalue weighted by Gasteiger charge is 2.33. The van der Waals surface area contributed by atoms with Gasteiger partial charge in [0.05, 0.1) is 25.1 Å². The summed E-state index contributed by atoms with van der Waals surface area (Å²) in [5.41, 5.74) is 2.10. The minimum absolute atomic E-state index is 0.187. The molecule has 2 atom stereocenters. The van der Waals surface area contributed by atoms with E-state index in [0.717, 1.165) is 28.9 Å². The highest BCUT2D eigenvalue weighted by molar-refractivity contribution is 7.90. The van der Waals surface area contributed by atoms with Crippen molar-refractivity contribution in [3.8, 4) is 0 Å². The van der Waals surface area contributed by atoms with Gasteiger partial charge in [0.2, 0.25) is 0 Å². The maximum absolute atomic E-state index is 11.8. The molecular formula is C19H17ClNO2S2. The molecule has 1 aliphatic rings. The van der Waals surface area contributed by atoms with E-state index in [2.05, 4.69) is 12.5 Å². The summed E-state index contributed by atoms with van der Waals surface area (Å²) in [4.78, 5) is 5.01. The fourth-order valence-corrected chi connectivity index (χ4v) is 6.01. The average molecular weight is 391 g/mol. The number of thiazole rings is 1. The molecule has 1 aromatic heterocycles. The van der Waals surface area contributed by atoms with Crippen LogP contribution in [0.2, 0.25) is 5.02 Å². The van der Waals surface area contributed by atoms with Crippen molar-refractivity contribution in [2.24, 2.45) is 0 Å². The Morgan fingerprint density at radius 3 is 2.72 bits per heavy atom. The zero-order valence-corrected chi connectivity index (χ0v) is 16.0. The van der Waals surface area contributed by atoms with Gasteiger partial charge in [0.25, 0.3) is 0 Å². The molecule has 25 heavy (non-hydrogen) atoms. The van der Waals surface area contributed by atoms with Gasteiger partial charge < -0.3 is 0 Å². The van der Waals surface area contributed by atoms with Crippen LogP contribution in [0.5, 0.6) is 0 Å². The predicted octanol–water partition coefficient (Wildman–Crippen LogP) is 5.22. The molecule has 129 valence electrons. The topological polar surface area (TPSA) is 47.0 Å². The maximum atomic E-state index is 11.8. The molecule has 1 saturated carbocycles. The van der Waals surface area contributed by atoms with Crippen molar-refractivity contribution < 1.29 is 8.42 Å². The van der Waals surface area contributed by atoms with E-state index >= 15 is 0 Å². The summed E-state index contributed by atoms with van der Waals surface area (Å²) in [5, 5.41) is 1.44. The number of hydrogen-bond donors (Lipinski definition) is 0. The first kappa shape index (κ1) is 17.0. The van der Waals surface area contributed by atoms with Gasteiger partial charge in [-0.1, -0.05) is 29.8 Å². The minimum Gasteiger partial charge on any atom is -0.241 e. The van der Waals surface area contributed by atoms with Gasteiger partial charge in [-0.15, -0.1) is 11.3 Å². The zero-order chi connectivity index (χ0) is 17.6. The van der Waals surface area contributed by atoms with Crippen molar-refractivity contribution in [3.05, 3.63) is 64.5 Å². The van der Waals surface area contributed by atoms with E-state index in [-0.39, 0.29) is 10.8 Å². The van der Waals surface area contributed by atoms with Crippen LogP contribution in [-0.4, -0.2) is 19.7 Å². The third kappa shape index (κ3) is 3.21. The first-order valence-electron chi connectivity index (χ1n) is 8.12. The van der Waals surface area contributed by atoms with Gasteiger partial charge >= 0.3 is 0 Å². The van der Waals surface area contributed by atoms with Gasteiger partial charge in [-0.2, -0.15) is 0 Å². The van der Waals surface area contributed by atoms with Gasteiger partial charge in [-0.05, 0) is 55.0 Å². The largest absolute Gasteiger partial charge is 0.241 e. The van der Waals surface area contributed by atoms with Gasteiger partial charge in [0.15, 0.2) is 9.84 Å². The highest BCUT2D eigenvalue weighted by Crippen LogP contribution is 2.47. The Morgan fingerprint density at radius 2 is 2.00 bits per heavy atom. The van der Waals surface area contributed by atoms with Crippen molar-refractivity contribution in [1.82, 2.24) is 4.98 Å². The van der Waals surface area contributed by atoms with Crippen LogP contribution in [0.1, 0.15) is 35.2 Å². The molecule has 0 amide bonds. The predicted molar refractivity (Wildman–Crippen MR) is 103 cm³/mol. The highest BCUT2D eigenvalue weighted by atomic mass is 35.5. The molecule has 0 aliphatic heterocycles. The second kappa shape index (κ2) is 6.38. The SMILES string of the molecule is CS(=O)(=O)c1ccc(C2[CH]CCC2c2nc3ccccc3s2)cc1Cl. The Labute approximate surface area is 156 Å².